The van der Waals surface area contributed by atoms with E-state index in [1.54, 1.807) is 13.2 Å². The molecule has 2 N–H and O–H groups in total. The van der Waals surface area contributed by atoms with Gasteiger partial charge in [0.25, 0.3) is 5.91 Å². The first-order valence-electron chi connectivity index (χ1n) is 6.77. The van der Waals surface area contributed by atoms with Crippen molar-refractivity contribution in [2.75, 3.05) is 25.6 Å². The van der Waals surface area contributed by atoms with Crippen molar-refractivity contribution >= 4 is 23.3 Å². The molecule has 0 aliphatic carbocycles. The molecule has 1 aromatic rings. The van der Waals surface area contributed by atoms with E-state index in [-0.39, 0.29) is 11.9 Å². The van der Waals surface area contributed by atoms with Crippen molar-refractivity contribution in [3.8, 4) is 0 Å². The van der Waals surface area contributed by atoms with Gasteiger partial charge in [0.05, 0.1) is 10.6 Å². The summed E-state index contributed by atoms with van der Waals surface area (Å²) in [5, 5.41) is 6.38. The van der Waals surface area contributed by atoms with Gasteiger partial charge in [-0.05, 0) is 25.8 Å². The molecule has 1 amide bonds. The molecule has 5 nitrogen and oxygen atoms in total. The topological polar surface area (TPSA) is 63.2 Å². The summed E-state index contributed by atoms with van der Waals surface area (Å²) in [5.41, 5.74) is 0.435. The Kier molecular flexibility index (Phi) is 7.33. The molecule has 0 spiro atoms. The summed E-state index contributed by atoms with van der Waals surface area (Å²) in [7, 11) is 1.64. The third kappa shape index (κ3) is 5.35. The van der Waals surface area contributed by atoms with Crippen molar-refractivity contribution in [2.24, 2.45) is 0 Å². The average molecular weight is 300 g/mol. The Hall–Kier alpha value is -1.33. The normalized spacial score (nSPS) is 12.0. The van der Waals surface area contributed by atoms with Gasteiger partial charge in [0, 0.05) is 32.5 Å². The number of nitrogens with zero attached hydrogens (tertiary/aromatic N) is 1. The Balaban J connectivity index is 2.70. The molecule has 1 rings (SSSR count). The van der Waals surface area contributed by atoms with Crippen LogP contribution >= 0.6 is 11.6 Å². The molecule has 1 atom stereocenters. The summed E-state index contributed by atoms with van der Waals surface area (Å²) in [5.74, 6) is 0.464. The van der Waals surface area contributed by atoms with E-state index < -0.39 is 0 Å². The van der Waals surface area contributed by atoms with Crippen molar-refractivity contribution in [1.82, 2.24) is 10.3 Å². The summed E-state index contributed by atoms with van der Waals surface area (Å²) < 4.78 is 4.99. The lowest BCUT2D eigenvalue weighted by molar-refractivity contribution is 0.0929. The van der Waals surface area contributed by atoms with Gasteiger partial charge in [-0.3, -0.25) is 4.79 Å². The van der Waals surface area contributed by atoms with Gasteiger partial charge in [-0.25, -0.2) is 4.98 Å². The Morgan fingerprint density at radius 3 is 2.95 bits per heavy atom. The third-order valence-electron chi connectivity index (χ3n) is 2.79. The molecule has 0 bridgehead atoms. The number of hydrogen-bond acceptors (Lipinski definition) is 4. The molecule has 1 aromatic heterocycles. The predicted octanol–water partition coefficient (Wildman–Crippen LogP) is 2.71. The number of anilines is 1. The number of methoxy groups -OCH3 is 1. The second-order valence-corrected chi connectivity index (χ2v) is 5.04. The van der Waals surface area contributed by atoms with Crippen molar-refractivity contribution < 1.29 is 9.53 Å². The first-order valence-corrected chi connectivity index (χ1v) is 7.15. The molecule has 0 aliphatic heterocycles. The number of nitrogens with one attached hydrogen (secondary N) is 2. The molecule has 0 fully saturated rings. The summed E-state index contributed by atoms with van der Waals surface area (Å²) in [6.45, 7) is 5.41. The second-order valence-electron chi connectivity index (χ2n) is 4.63. The molecular formula is C14H22ClN3O2. The maximum absolute atomic E-state index is 12.2. The van der Waals surface area contributed by atoms with Crippen molar-refractivity contribution in [1.29, 1.82) is 0 Å². The minimum atomic E-state index is -0.194. The molecule has 0 aliphatic rings. The zero-order chi connectivity index (χ0) is 15.0. The SMILES string of the molecule is CCCNc1cc(C(=O)NC(C)CCOC)c(Cl)cn1. The highest BCUT2D eigenvalue weighted by Gasteiger charge is 2.14. The third-order valence-corrected chi connectivity index (χ3v) is 3.09. The fraction of sp³-hybridized carbons (Fsp3) is 0.571. The monoisotopic (exact) mass is 299 g/mol. The van der Waals surface area contributed by atoms with Gasteiger partial charge in [-0.2, -0.15) is 0 Å². The molecule has 1 heterocycles. The van der Waals surface area contributed by atoms with E-state index in [1.165, 1.54) is 6.20 Å². The van der Waals surface area contributed by atoms with Gasteiger partial charge in [0.2, 0.25) is 0 Å². The van der Waals surface area contributed by atoms with Gasteiger partial charge in [0.1, 0.15) is 5.82 Å². The quantitative estimate of drug-likeness (QED) is 0.775. The summed E-state index contributed by atoms with van der Waals surface area (Å²) in [4.78, 5) is 16.3. The first-order chi connectivity index (χ1) is 9.58. The second kappa shape index (κ2) is 8.76. The molecule has 20 heavy (non-hydrogen) atoms. The smallest absolute Gasteiger partial charge is 0.253 e. The number of carbonyl (C=O) groups is 1. The van der Waals surface area contributed by atoms with E-state index in [4.69, 9.17) is 16.3 Å². The predicted molar refractivity (Wildman–Crippen MR) is 81.4 cm³/mol. The van der Waals surface area contributed by atoms with Crippen LogP contribution in [0.25, 0.3) is 0 Å². The number of amides is 1. The maximum atomic E-state index is 12.2. The molecule has 0 aromatic carbocycles. The largest absolute Gasteiger partial charge is 0.385 e. The van der Waals surface area contributed by atoms with Crippen LogP contribution in [0.4, 0.5) is 5.82 Å². The van der Waals surface area contributed by atoms with Crippen molar-refractivity contribution in [3.63, 3.8) is 0 Å². The van der Waals surface area contributed by atoms with Gasteiger partial charge in [-0.15, -0.1) is 0 Å². The van der Waals surface area contributed by atoms with Gasteiger partial charge in [0.15, 0.2) is 0 Å². The lowest BCUT2D eigenvalue weighted by Crippen LogP contribution is -2.33. The van der Waals surface area contributed by atoms with E-state index in [0.29, 0.717) is 23.0 Å². The van der Waals surface area contributed by atoms with Crippen LogP contribution in [0.15, 0.2) is 12.3 Å². The molecule has 1 unspecified atom stereocenters. The maximum Gasteiger partial charge on any atom is 0.253 e. The standard InChI is InChI=1S/C14H22ClN3O2/c1-4-6-16-13-8-11(12(15)9-17-13)14(19)18-10(2)5-7-20-3/h8-10H,4-7H2,1-3H3,(H,16,17)(H,18,19). The molecule has 0 saturated heterocycles. The average Bonchev–Trinajstić information content (AvgIpc) is 2.44. The lowest BCUT2D eigenvalue weighted by Gasteiger charge is -2.14. The van der Waals surface area contributed by atoms with Crippen LogP contribution in [0.2, 0.25) is 5.02 Å². The van der Waals surface area contributed by atoms with Gasteiger partial charge in [-0.1, -0.05) is 18.5 Å². The molecular weight excluding hydrogens is 278 g/mol. The van der Waals surface area contributed by atoms with Crippen LogP contribution in [0.1, 0.15) is 37.0 Å². The van der Waals surface area contributed by atoms with E-state index in [2.05, 4.69) is 22.5 Å². The van der Waals surface area contributed by atoms with Gasteiger partial charge >= 0.3 is 0 Å². The number of aromatic nitrogens is 1. The van der Waals surface area contributed by atoms with Crippen LogP contribution in [-0.2, 0) is 4.74 Å². The Labute approximate surface area is 125 Å². The highest BCUT2D eigenvalue weighted by Crippen LogP contribution is 2.18. The van der Waals surface area contributed by atoms with Crippen molar-refractivity contribution in [2.45, 2.75) is 32.7 Å². The van der Waals surface area contributed by atoms with Crippen molar-refractivity contribution in [3.05, 3.63) is 22.8 Å². The summed E-state index contributed by atoms with van der Waals surface area (Å²) in [6.07, 6.45) is 3.24. The number of pyridine rings is 1. The van der Waals surface area contributed by atoms with Crippen LogP contribution in [0.5, 0.6) is 0 Å². The molecule has 6 heteroatoms. The minimum absolute atomic E-state index is 0.0266. The molecule has 0 saturated carbocycles. The zero-order valence-corrected chi connectivity index (χ0v) is 13.0. The van der Waals surface area contributed by atoms with E-state index >= 15 is 0 Å². The van der Waals surface area contributed by atoms with E-state index in [9.17, 15) is 4.79 Å². The van der Waals surface area contributed by atoms with E-state index in [0.717, 1.165) is 19.4 Å². The number of halogens is 1. The number of ether oxygens (including phenoxy) is 1. The summed E-state index contributed by atoms with van der Waals surface area (Å²) in [6, 6.07) is 1.70. The Morgan fingerprint density at radius 2 is 2.30 bits per heavy atom. The highest BCUT2D eigenvalue weighted by atomic mass is 35.5. The molecule has 0 radical (unpaired) electrons. The number of rotatable bonds is 8. The fourth-order valence-corrected chi connectivity index (χ4v) is 1.82. The minimum Gasteiger partial charge on any atom is -0.385 e. The Bertz CT molecular complexity index is 440. The fourth-order valence-electron chi connectivity index (χ4n) is 1.63. The van der Waals surface area contributed by atoms with Crippen LogP contribution < -0.4 is 10.6 Å². The molecule has 112 valence electrons. The Morgan fingerprint density at radius 1 is 1.55 bits per heavy atom. The van der Waals surface area contributed by atoms with Crippen LogP contribution in [0.3, 0.4) is 0 Å². The van der Waals surface area contributed by atoms with Gasteiger partial charge < -0.3 is 15.4 Å². The van der Waals surface area contributed by atoms with Crippen LogP contribution in [-0.4, -0.2) is 37.2 Å². The zero-order valence-electron chi connectivity index (χ0n) is 12.2. The number of carbonyl (C=O) groups excluding carboxylic acids is 1. The number of hydrogen-bond donors (Lipinski definition) is 2. The summed E-state index contributed by atoms with van der Waals surface area (Å²) >= 11 is 6.04. The van der Waals surface area contributed by atoms with Crippen LogP contribution in [0, 0.1) is 0 Å². The highest BCUT2D eigenvalue weighted by molar-refractivity contribution is 6.33. The first kappa shape index (κ1) is 16.7. The van der Waals surface area contributed by atoms with E-state index in [1.807, 2.05) is 6.92 Å². The lowest BCUT2D eigenvalue weighted by atomic mass is 10.2.